The minimum atomic E-state index is -4.45. The molecule has 0 unspecified atom stereocenters. The minimum Gasteiger partial charge on any atom is -0.376 e. The predicted octanol–water partition coefficient (Wildman–Crippen LogP) is 3.08. The minimum absolute atomic E-state index is 0.101. The summed E-state index contributed by atoms with van der Waals surface area (Å²) in [4.78, 5) is 14.1. The van der Waals surface area contributed by atoms with Gasteiger partial charge in [-0.1, -0.05) is 6.42 Å². The molecule has 0 aromatic heterocycles. The van der Waals surface area contributed by atoms with Crippen molar-refractivity contribution in [3.8, 4) is 0 Å². The molecule has 0 spiro atoms. The summed E-state index contributed by atoms with van der Waals surface area (Å²) in [6.07, 6.45) is -1.91. The molecule has 0 radical (unpaired) electrons. The van der Waals surface area contributed by atoms with Crippen molar-refractivity contribution in [1.29, 1.82) is 0 Å². The van der Waals surface area contributed by atoms with Gasteiger partial charge >= 0.3 is 6.18 Å². The Hall–Kier alpha value is -1.76. The lowest BCUT2D eigenvalue weighted by Crippen LogP contribution is -2.30. The summed E-state index contributed by atoms with van der Waals surface area (Å²) >= 11 is 0. The van der Waals surface area contributed by atoms with Crippen LogP contribution >= 0.6 is 0 Å². The van der Waals surface area contributed by atoms with E-state index in [9.17, 15) is 18.0 Å². The maximum atomic E-state index is 12.9. The van der Waals surface area contributed by atoms with Gasteiger partial charge in [0.25, 0.3) is 0 Å². The number of alkyl halides is 3. The van der Waals surface area contributed by atoms with Crippen molar-refractivity contribution in [2.45, 2.75) is 25.4 Å². The Kier molecular flexibility index (Phi) is 5.19. The van der Waals surface area contributed by atoms with Gasteiger partial charge in [-0.3, -0.25) is 4.79 Å². The summed E-state index contributed by atoms with van der Waals surface area (Å²) in [6, 6.07) is 3.37. The molecule has 7 heteroatoms. The van der Waals surface area contributed by atoms with E-state index in [2.05, 4.69) is 5.32 Å². The number of amides is 1. The lowest BCUT2D eigenvalue weighted by Gasteiger charge is -2.22. The molecular formula is C16H22F3N3O. The second-order valence-corrected chi connectivity index (χ2v) is 6.15. The van der Waals surface area contributed by atoms with Gasteiger partial charge < -0.3 is 16.0 Å². The van der Waals surface area contributed by atoms with Crippen molar-refractivity contribution in [2.24, 2.45) is 17.6 Å². The summed E-state index contributed by atoms with van der Waals surface area (Å²) < 4.78 is 38.7. The maximum absolute atomic E-state index is 12.9. The van der Waals surface area contributed by atoms with Gasteiger partial charge in [0, 0.05) is 20.0 Å². The molecule has 4 nitrogen and oxygen atoms in total. The topological polar surface area (TPSA) is 58.4 Å². The normalized spacial score (nSPS) is 21.3. The van der Waals surface area contributed by atoms with Crippen molar-refractivity contribution in [1.82, 2.24) is 0 Å². The number of carbonyl (C=O) groups is 1. The molecule has 1 aromatic carbocycles. The summed E-state index contributed by atoms with van der Waals surface area (Å²) in [5.74, 6) is -0.381. The molecule has 2 atom stereocenters. The van der Waals surface area contributed by atoms with Gasteiger partial charge in [-0.25, -0.2) is 0 Å². The van der Waals surface area contributed by atoms with Gasteiger partial charge in [-0.2, -0.15) is 13.2 Å². The first kappa shape index (κ1) is 17.6. The first-order chi connectivity index (χ1) is 10.7. The van der Waals surface area contributed by atoms with E-state index in [0.717, 1.165) is 31.4 Å². The van der Waals surface area contributed by atoms with Crippen LogP contribution in [0.25, 0.3) is 0 Å². The first-order valence-corrected chi connectivity index (χ1v) is 7.63. The highest BCUT2D eigenvalue weighted by Crippen LogP contribution is 2.36. The molecule has 2 rings (SSSR count). The molecular weight excluding hydrogens is 307 g/mol. The van der Waals surface area contributed by atoms with Crippen molar-refractivity contribution < 1.29 is 18.0 Å². The molecule has 0 bridgehead atoms. The first-order valence-electron chi connectivity index (χ1n) is 7.63. The van der Waals surface area contributed by atoms with Gasteiger partial charge in [0.05, 0.1) is 16.9 Å². The van der Waals surface area contributed by atoms with Crippen molar-refractivity contribution >= 4 is 17.3 Å². The quantitative estimate of drug-likeness (QED) is 0.892. The maximum Gasteiger partial charge on any atom is 0.416 e. The van der Waals surface area contributed by atoms with Crippen LogP contribution in [0.1, 0.15) is 24.8 Å². The Morgan fingerprint density at radius 3 is 2.61 bits per heavy atom. The average Bonchev–Trinajstić information content (AvgIpc) is 2.94. The number of nitrogens with two attached hydrogens (primary N) is 1. The lowest BCUT2D eigenvalue weighted by molar-refractivity contribution is -0.137. The highest BCUT2D eigenvalue weighted by Gasteiger charge is 2.34. The monoisotopic (exact) mass is 329 g/mol. The zero-order valence-corrected chi connectivity index (χ0v) is 13.3. The van der Waals surface area contributed by atoms with Gasteiger partial charge in [0.15, 0.2) is 0 Å². The van der Waals surface area contributed by atoms with E-state index in [1.54, 1.807) is 19.0 Å². The van der Waals surface area contributed by atoms with Gasteiger partial charge in [0.2, 0.25) is 5.91 Å². The zero-order chi connectivity index (χ0) is 17.2. The molecule has 23 heavy (non-hydrogen) atoms. The van der Waals surface area contributed by atoms with Gasteiger partial charge in [0.1, 0.15) is 0 Å². The number of nitrogens with zero attached hydrogens (tertiary/aromatic N) is 1. The SMILES string of the molecule is CN(C)c1ccc(C(F)(F)F)cc1NC(=O)[C@@H]1CCC[C@@H]1CN. The van der Waals surface area contributed by atoms with Crippen LogP contribution in [0.15, 0.2) is 18.2 Å². The van der Waals surface area contributed by atoms with Crippen LogP contribution in [-0.4, -0.2) is 26.5 Å². The van der Waals surface area contributed by atoms with E-state index < -0.39 is 11.7 Å². The lowest BCUT2D eigenvalue weighted by atomic mass is 9.95. The Morgan fingerprint density at radius 2 is 2.04 bits per heavy atom. The van der Waals surface area contributed by atoms with Crippen LogP contribution in [0.2, 0.25) is 0 Å². The summed E-state index contributed by atoms with van der Waals surface area (Å²) in [6.45, 7) is 0.418. The average molecular weight is 329 g/mol. The van der Waals surface area contributed by atoms with Crippen LogP contribution in [0.3, 0.4) is 0 Å². The molecule has 1 aliphatic rings. The Balaban J connectivity index is 2.28. The largest absolute Gasteiger partial charge is 0.416 e. The van der Waals surface area contributed by atoms with E-state index in [-0.39, 0.29) is 23.4 Å². The van der Waals surface area contributed by atoms with E-state index in [1.165, 1.54) is 6.07 Å². The number of rotatable bonds is 4. The number of hydrogen-bond donors (Lipinski definition) is 2. The van der Waals surface area contributed by atoms with Gasteiger partial charge in [-0.05, 0) is 43.5 Å². The molecule has 3 N–H and O–H groups in total. The van der Waals surface area contributed by atoms with Crippen LogP contribution in [0, 0.1) is 11.8 Å². The Labute approximate surface area is 133 Å². The Bertz CT molecular complexity index is 572. The highest BCUT2D eigenvalue weighted by atomic mass is 19.4. The second kappa shape index (κ2) is 6.78. The van der Waals surface area contributed by atoms with Crippen molar-refractivity contribution in [2.75, 3.05) is 30.9 Å². The van der Waals surface area contributed by atoms with Crippen LogP contribution < -0.4 is 16.0 Å². The zero-order valence-electron chi connectivity index (χ0n) is 13.3. The fourth-order valence-corrected chi connectivity index (χ4v) is 3.09. The van der Waals surface area contributed by atoms with E-state index in [1.807, 2.05) is 0 Å². The molecule has 1 amide bonds. The van der Waals surface area contributed by atoms with E-state index >= 15 is 0 Å². The number of halogens is 3. The van der Waals surface area contributed by atoms with Crippen LogP contribution in [0.4, 0.5) is 24.5 Å². The molecule has 0 saturated heterocycles. The third-order valence-electron chi connectivity index (χ3n) is 4.36. The van der Waals surface area contributed by atoms with E-state index in [4.69, 9.17) is 5.73 Å². The molecule has 1 aromatic rings. The number of nitrogens with one attached hydrogen (secondary N) is 1. The number of benzene rings is 1. The molecule has 0 heterocycles. The summed E-state index contributed by atoms with van der Waals surface area (Å²) in [5.41, 5.74) is 5.61. The standard InChI is InChI=1S/C16H22F3N3O/c1-22(2)14-7-6-11(16(17,18)19)8-13(14)21-15(23)12-5-3-4-10(12)9-20/h6-8,10,12H,3-5,9,20H2,1-2H3,(H,21,23)/t10-,12-/m1/s1. The molecule has 128 valence electrons. The number of hydrogen-bond acceptors (Lipinski definition) is 3. The number of carbonyl (C=O) groups excluding carboxylic acids is 1. The van der Waals surface area contributed by atoms with Crippen molar-refractivity contribution in [3.63, 3.8) is 0 Å². The summed E-state index contributed by atoms with van der Waals surface area (Å²) in [5, 5.41) is 2.67. The number of anilines is 2. The molecule has 1 fully saturated rings. The fraction of sp³-hybridized carbons (Fsp3) is 0.562. The second-order valence-electron chi connectivity index (χ2n) is 6.15. The van der Waals surface area contributed by atoms with Crippen LogP contribution in [-0.2, 0) is 11.0 Å². The third-order valence-corrected chi connectivity index (χ3v) is 4.36. The predicted molar refractivity (Wildman–Crippen MR) is 84.3 cm³/mol. The van der Waals surface area contributed by atoms with E-state index in [0.29, 0.717) is 12.2 Å². The van der Waals surface area contributed by atoms with Crippen molar-refractivity contribution in [3.05, 3.63) is 23.8 Å². The fourth-order valence-electron chi connectivity index (χ4n) is 3.09. The Morgan fingerprint density at radius 1 is 1.35 bits per heavy atom. The molecule has 1 saturated carbocycles. The third kappa shape index (κ3) is 3.96. The van der Waals surface area contributed by atoms with Crippen LogP contribution in [0.5, 0.6) is 0 Å². The molecule has 1 aliphatic carbocycles. The summed E-state index contributed by atoms with van der Waals surface area (Å²) in [7, 11) is 3.44. The molecule has 0 aliphatic heterocycles. The smallest absolute Gasteiger partial charge is 0.376 e. The highest BCUT2D eigenvalue weighted by molar-refractivity contribution is 5.96. The van der Waals surface area contributed by atoms with Gasteiger partial charge in [-0.15, -0.1) is 0 Å².